The van der Waals surface area contributed by atoms with Crippen molar-refractivity contribution >= 4 is 31.6 Å². The minimum absolute atomic E-state index is 0.0523. The third-order valence-electron chi connectivity index (χ3n) is 8.22. The lowest BCUT2D eigenvalue weighted by Crippen LogP contribution is -2.22. The standard InChI is InChI=1S/C41H40NO9P/c1-29(41(43)42-36-23-31(18-21-37(36)45-2)14-15-34-24-38(46-3)40-39(25-34)47-28-48-40)22-30-16-19-35(20-17-30)51-52(44,49-26-32-10-6-4-7-11-32)50-27-33-12-8-5-9-13-33/h4-21,23-25,29H,22,26-28H2,1-3H3,(H,42,43)/b15-14-/t29-/m0/s1. The Labute approximate surface area is 303 Å². The van der Waals surface area contributed by atoms with Crippen LogP contribution < -0.4 is 28.8 Å². The molecule has 11 heteroatoms. The largest absolute Gasteiger partial charge is 0.530 e. The number of benzene rings is 5. The lowest BCUT2D eigenvalue weighted by Gasteiger charge is -2.19. The zero-order chi connectivity index (χ0) is 36.3. The minimum atomic E-state index is -4.01. The number of phosphoric ester groups is 1. The maximum absolute atomic E-state index is 13.8. The van der Waals surface area contributed by atoms with Crippen molar-refractivity contribution in [2.75, 3.05) is 26.3 Å². The van der Waals surface area contributed by atoms with Gasteiger partial charge in [0.25, 0.3) is 0 Å². The fourth-order valence-corrected chi connectivity index (χ4v) is 6.60. The summed E-state index contributed by atoms with van der Waals surface area (Å²) in [6.45, 7) is 2.11. The van der Waals surface area contributed by atoms with E-state index in [1.54, 1.807) is 26.4 Å². The predicted octanol–water partition coefficient (Wildman–Crippen LogP) is 9.34. The maximum atomic E-state index is 13.8. The van der Waals surface area contributed by atoms with Crippen LogP contribution in [-0.2, 0) is 38.0 Å². The molecule has 0 bridgehead atoms. The SMILES string of the molecule is COc1ccc(/C=C\c2cc(OC)c3c(c2)OCO3)cc1NC(=O)[C@@H](C)Cc1ccc(OP(=O)(OCc2ccccc2)OCc2ccccc2)cc1. The summed E-state index contributed by atoms with van der Waals surface area (Å²) in [6.07, 6.45) is 4.31. The Morgan fingerprint density at radius 3 is 2.02 bits per heavy atom. The summed E-state index contributed by atoms with van der Waals surface area (Å²) in [5.74, 6) is 2.11. The van der Waals surface area contributed by atoms with Gasteiger partial charge in [-0.3, -0.25) is 13.8 Å². The van der Waals surface area contributed by atoms with Crippen molar-refractivity contribution in [1.82, 2.24) is 0 Å². The Bertz CT molecular complexity index is 1990. The second-order valence-electron chi connectivity index (χ2n) is 12.0. The third kappa shape index (κ3) is 9.61. The smallest absolute Gasteiger partial charge is 0.495 e. The molecule has 1 amide bonds. The van der Waals surface area contributed by atoms with E-state index in [-0.39, 0.29) is 31.8 Å². The molecule has 0 fully saturated rings. The van der Waals surface area contributed by atoms with E-state index < -0.39 is 7.82 Å². The lowest BCUT2D eigenvalue weighted by atomic mass is 10.00. The van der Waals surface area contributed by atoms with Crippen molar-refractivity contribution in [1.29, 1.82) is 0 Å². The van der Waals surface area contributed by atoms with Crippen molar-refractivity contribution < 1.29 is 41.9 Å². The molecule has 1 heterocycles. The van der Waals surface area contributed by atoms with Gasteiger partial charge in [-0.2, -0.15) is 0 Å². The zero-order valence-electron chi connectivity index (χ0n) is 29.2. The van der Waals surface area contributed by atoms with E-state index in [9.17, 15) is 9.36 Å². The molecule has 1 N–H and O–H groups in total. The van der Waals surface area contributed by atoms with Gasteiger partial charge in [-0.1, -0.05) is 97.9 Å². The highest BCUT2D eigenvalue weighted by Crippen LogP contribution is 2.51. The molecule has 0 aliphatic carbocycles. The van der Waals surface area contributed by atoms with Gasteiger partial charge in [0.15, 0.2) is 11.5 Å². The van der Waals surface area contributed by atoms with Gasteiger partial charge in [0.2, 0.25) is 18.4 Å². The van der Waals surface area contributed by atoms with Crippen molar-refractivity contribution in [3.05, 3.63) is 143 Å². The van der Waals surface area contributed by atoms with Crippen molar-refractivity contribution in [2.24, 2.45) is 5.92 Å². The molecule has 52 heavy (non-hydrogen) atoms. The van der Waals surface area contributed by atoms with Gasteiger partial charge >= 0.3 is 7.82 Å². The fraction of sp³-hybridized carbons (Fsp3) is 0.195. The van der Waals surface area contributed by atoms with Crippen molar-refractivity contribution in [2.45, 2.75) is 26.6 Å². The number of ether oxygens (including phenoxy) is 4. The molecular formula is C41H40NO9P. The second kappa shape index (κ2) is 17.1. The molecule has 1 aliphatic heterocycles. The maximum Gasteiger partial charge on any atom is 0.530 e. The molecule has 0 saturated carbocycles. The number of hydrogen-bond acceptors (Lipinski definition) is 9. The first kappa shape index (κ1) is 36.3. The van der Waals surface area contributed by atoms with Gasteiger partial charge in [-0.05, 0) is 70.6 Å². The van der Waals surface area contributed by atoms with Crippen LogP contribution >= 0.6 is 7.82 Å². The van der Waals surface area contributed by atoms with Crippen LogP contribution in [0.5, 0.6) is 28.7 Å². The van der Waals surface area contributed by atoms with Crippen molar-refractivity contribution in [3.63, 3.8) is 0 Å². The van der Waals surface area contributed by atoms with Crippen LogP contribution in [0.3, 0.4) is 0 Å². The first-order valence-electron chi connectivity index (χ1n) is 16.7. The quantitative estimate of drug-likeness (QED) is 0.0787. The van der Waals surface area contributed by atoms with Crippen LogP contribution in [0.4, 0.5) is 5.69 Å². The second-order valence-corrected chi connectivity index (χ2v) is 13.6. The molecule has 5 aromatic rings. The van der Waals surface area contributed by atoms with E-state index in [1.165, 1.54) is 0 Å². The van der Waals surface area contributed by atoms with E-state index in [0.717, 1.165) is 27.8 Å². The Hall–Kier alpha value is -5.54. The summed E-state index contributed by atoms with van der Waals surface area (Å²) in [5, 5.41) is 3.02. The molecule has 0 aromatic heterocycles. The summed E-state index contributed by atoms with van der Waals surface area (Å²) in [4.78, 5) is 13.4. The highest BCUT2D eigenvalue weighted by Gasteiger charge is 2.29. The monoisotopic (exact) mass is 721 g/mol. The number of carbonyl (C=O) groups excluding carboxylic acids is 1. The van der Waals surface area contributed by atoms with Crippen LogP contribution in [0.1, 0.15) is 34.7 Å². The highest BCUT2D eigenvalue weighted by atomic mass is 31.2. The molecular weight excluding hydrogens is 681 g/mol. The number of nitrogens with one attached hydrogen (secondary N) is 1. The number of fused-ring (bicyclic) bond motifs is 1. The first-order chi connectivity index (χ1) is 25.3. The molecule has 1 atom stereocenters. The van der Waals surface area contributed by atoms with Gasteiger partial charge < -0.3 is 28.8 Å². The van der Waals surface area contributed by atoms with E-state index >= 15 is 0 Å². The molecule has 10 nitrogen and oxygen atoms in total. The van der Waals surface area contributed by atoms with Crippen LogP contribution in [0.25, 0.3) is 12.2 Å². The molecule has 0 unspecified atom stereocenters. The Balaban J connectivity index is 1.08. The van der Waals surface area contributed by atoms with Crippen LogP contribution in [0.15, 0.2) is 115 Å². The Kier molecular flexibility index (Phi) is 11.9. The number of rotatable bonds is 16. The van der Waals surface area contributed by atoms with Gasteiger partial charge in [0.05, 0.1) is 33.1 Å². The summed E-state index contributed by atoms with van der Waals surface area (Å²) in [7, 11) is -0.864. The van der Waals surface area contributed by atoms with E-state index in [1.807, 2.05) is 122 Å². The van der Waals surface area contributed by atoms with Crippen LogP contribution in [0, 0.1) is 5.92 Å². The zero-order valence-corrected chi connectivity index (χ0v) is 30.0. The number of methoxy groups -OCH3 is 2. The van der Waals surface area contributed by atoms with Crippen LogP contribution in [-0.4, -0.2) is 26.9 Å². The molecule has 0 radical (unpaired) electrons. The Morgan fingerprint density at radius 2 is 1.38 bits per heavy atom. The molecule has 0 spiro atoms. The van der Waals surface area contributed by atoms with Gasteiger partial charge in [0.1, 0.15) is 11.5 Å². The van der Waals surface area contributed by atoms with E-state index in [2.05, 4.69) is 5.32 Å². The van der Waals surface area contributed by atoms with E-state index in [4.69, 9.17) is 32.5 Å². The number of anilines is 1. The lowest BCUT2D eigenvalue weighted by molar-refractivity contribution is -0.119. The number of hydrogen-bond donors (Lipinski definition) is 1. The topological polar surface area (TPSA) is 111 Å². The average Bonchev–Trinajstić information content (AvgIpc) is 3.66. The van der Waals surface area contributed by atoms with Crippen LogP contribution in [0.2, 0.25) is 0 Å². The number of carbonyl (C=O) groups is 1. The van der Waals surface area contributed by atoms with Gasteiger partial charge in [0, 0.05) is 5.92 Å². The summed E-state index contributed by atoms with van der Waals surface area (Å²) in [6, 6.07) is 35.2. The summed E-state index contributed by atoms with van der Waals surface area (Å²) < 4.78 is 53.1. The predicted molar refractivity (Wildman–Crippen MR) is 200 cm³/mol. The average molecular weight is 722 g/mol. The molecule has 268 valence electrons. The van der Waals surface area contributed by atoms with Crippen molar-refractivity contribution in [3.8, 4) is 28.7 Å². The van der Waals surface area contributed by atoms with Gasteiger partial charge in [-0.15, -0.1) is 0 Å². The molecule has 0 saturated heterocycles. The highest BCUT2D eigenvalue weighted by molar-refractivity contribution is 7.48. The first-order valence-corrected chi connectivity index (χ1v) is 18.2. The summed E-state index contributed by atoms with van der Waals surface area (Å²) >= 11 is 0. The minimum Gasteiger partial charge on any atom is -0.495 e. The molecule has 6 rings (SSSR count). The van der Waals surface area contributed by atoms with E-state index in [0.29, 0.717) is 40.9 Å². The molecule has 5 aromatic carbocycles. The van der Waals surface area contributed by atoms with Gasteiger partial charge in [-0.25, -0.2) is 4.57 Å². The number of phosphoric acid groups is 1. The normalized spacial score (nSPS) is 12.8. The Morgan fingerprint density at radius 1 is 0.750 bits per heavy atom. The molecule has 1 aliphatic rings. The third-order valence-corrected chi connectivity index (χ3v) is 9.55. The number of amides is 1. The summed E-state index contributed by atoms with van der Waals surface area (Å²) in [5.41, 5.74) is 4.84. The fourth-order valence-electron chi connectivity index (χ4n) is 5.43.